The Bertz CT molecular complexity index is 586. The SMILES string of the molecule is N#CC(C#N)=C1CCCCC1CC(=O)c1ccccc1. The smallest absolute Gasteiger partial charge is 0.163 e. The van der Waals surface area contributed by atoms with E-state index >= 15 is 0 Å². The van der Waals surface area contributed by atoms with Crippen LogP contribution in [0.5, 0.6) is 0 Å². The lowest BCUT2D eigenvalue weighted by atomic mass is 9.78. The summed E-state index contributed by atoms with van der Waals surface area (Å²) in [7, 11) is 0. The minimum absolute atomic E-state index is 0.0470. The fourth-order valence-electron chi connectivity index (χ4n) is 2.77. The first-order valence-corrected chi connectivity index (χ1v) is 6.87. The average molecular weight is 264 g/mol. The Morgan fingerprint density at radius 2 is 1.85 bits per heavy atom. The maximum absolute atomic E-state index is 12.3. The first-order chi connectivity index (χ1) is 9.76. The molecule has 0 amide bonds. The van der Waals surface area contributed by atoms with Gasteiger partial charge >= 0.3 is 0 Å². The van der Waals surface area contributed by atoms with Crippen LogP contribution in [-0.4, -0.2) is 5.78 Å². The summed E-state index contributed by atoms with van der Waals surface area (Å²) in [6.45, 7) is 0. The molecule has 20 heavy (non-hydrogen) atoms. The van der Waals surface area contributed by atoms with Crippen molar-refractivity contribution in [2.75, 3.05) is 0 Å². The van der Waals surface area contributed by atoms with Crippen molar-refractivity contribution in [1.29, 1.82) is 10.5 Å². The van der Waals surface area contributed by atoms with Crippen molar-refractivity contribution in [3.8, 4) is 12.1 Å². The van der Waals surface area contributed by atoms with E-state index in [-0.39, 0.29) is 17.3 Å². The number of hydrogen-bond acceptors (Lipinski definition) is 3. The molecule has 0 saturated heterocycles. The Balaban J connectivity index is 2.19. The Kier molecular flexibility index (Phi) is 4.69. The molecular weight excluding hydrogens is 248 g/mol. The highest BCUT2D eigenvalue weighted by molar-refractivity contribution is 5.96. The number of allylic oxidation sites excluding steroid dienone is 2. The molecule has 0 spiro atoms. The van der Waals surface area contributed by atoms with Crippen molar-refractivity contribution in [1.82, 2.24) is 0 Å². The standard InChI is InChI=1S/C17H16N2O/c18-11-15(12-19)16-9-5-4-8-14(16)10-17(20)13-6-2-1-3-7-13/h1-3,6-7,14H,4-5,8-10H2. The molecule has 3 nitrogen and oxygen atoms in total. The molecule has 2 rings (SSSR count). The van der Waals surface area contributed by atoms with Crippen LogP contribution in [0, 0.1) is 28.6 Å². The molecule has 1 saturated carbocycles. The summed E-state index contributed by atoms with van der Waals surface area (Å²) >= 11 is 0. The molecule has 1 unspecified atom stereocenters. The molecule has 3 heteroatoms. The largest absolute Gasteiger partial charge is 0.294 e. The number of rotatable bonds is 3. The molecular formula is C17H16N2O. The Morgan fingerprint density at radius 1 is 1.15 bits per heavy atom. The lowest BCUT2D eigenvalue weighted by molar-refractivity contribution is 0.0962. The molecule has 1 aliphatic carbocycles. The summed E-state index contributed by atoms with van der Waals surface area (Å²) in [5, 5.41) is 18.1. The highest BCUT2D eigenvalue weighted by Crippen LogP contribution is 2.34. The van der Waals surface area contributed by atoms with Gasteiger partial charge in [-0.25, -0.2) is 0 Å². The molecule has 1 aromatic carbocycles. The van der Waals surface area contributed by atoms with Crippen molar-refractivity contribution in [3.05, 3.63) is 47.0 Å². The van der Waals surface area contributed by atoms with Gasteiger partial charge in [0.05, 0.1) is 0 Å². The molecule has 0 radical (unpaired) electrons. The van der Waals surface area contributed by atoms with Crippen LogP contribution in [0.15, 0.2) is 41.5 Å². The molecule has 0 bridgehead atoms. The van der Waals surface area contributed by atoms with Gasteiger partial charge in [0.15, 0.2) is 5.78 Å². The van der Waals surface area contributed by atoms with Crippen LogP contribution in [0.2, 0.25) is 0 Å². The third-order valence-corrected chi connectivity index (χ3v) is 3.81. The minimum Gasteiger partial charge on any atom is -0.294 e. The van der Waals surface area contributed by atoms with E-state index in [0.29, 0.717) is 12.0 Å². The number of Topliss-reactive ketones (excluding diaryl/α,β-unsaturated/α-hetero) is 1. The first kappa shape index (κ1) is 14.0. The molecule has 100 valence electrons. The van der Waals surface area contributed by atoms with Gasteiger partial charge in [-0.3, -0.25) is 4.79 Å². The quantitative estimate of drug-likeness (QED) is 0.616. The molecule has 1 atom stereocenters. The van der Waals surface area contributed by atoms with E-state index in [1.54, 1.807) is 0 Å². The van der Waals surface area contributed by atoms with Gasteiger partial charge in [-0.2, -0.15) is 10.5 Å². The van der Waals surface area contributed by atoms with Crippen LogP contribution in [0.3, 0.4) is 0 Å². The maximum Gasteiger partial charge on any atom is 0.163 e. The summed E-state index contributed by atoms with van der Waals surface area (Å²) in [4.78, 5) is 12.3. The van der Waals surface area contributed by atoms with E-state index < -0.39 is 0 Å². The zero-order valence-electron chi connectivity index (χ0n) is 11.3. The van der Waals surface area contributed by atoms with Crippen LogP contribution in [0.4, 0.5) is 0 Å². The van der Waals surface area contributed by atoms with E-state index in [0.717, 1.165) is 31.3 Å². The number of benzene rings is 1. The van der Waals surface area contributed by atoms with Gasteiger partial charge in [0.1, 0.15) is 17.7 Å². The second kappa shape index (κ2) is 6.68. The zero-order valence-corrected chi connectivity index (χ0v) is 11.3. The van der Waals surface area contributed by atoms with Crippen LogP contribution in [-0.2, 0) is 0 Å². The molecule has 0 heterocycles. The van der Waals surface area contributed by atoms with Crippen molar-refractivity contribution in [3.63, 3.8) is 0 Å². The van der Waals surface area contributed by atoms with Crippen LogP contribution in [0.1, 0.15) is 42.5 Å². The third-order valence-electron chi connectivity index (χ3n) is 3.81. The molecule has 1 aliphatic rings. The van der Waals surface area contributed by atoms with E-state index in [4.69, 9.17) is 10.5 Å². The van der Waals surface area contributed by atoms with Gasteiger partial charge in [0, 0.05) is 12.0 Å². The van der Waals surface area contributed by atoms with E-state index in [1.807, 2.05) is 42.5 Å². The minimum atomic E-state index is 0.0470. The number of ketones is 1. The predicted octanol–water partition coefficient (Wildman–Crippen LogP) is 3.79. The number of carbonyl (C=O) groups is 1. The van der Waals surface area contributed by atoms with Crippen molar-refractivity contribution in [2.24, 2.45) is 5.92 Å². The van der Waals surface area contributed by atoms with Crippen LogP contribution >= 0.6 is 0 Å². The zero-order chi connectivity index (χ0) is 14.4. The monoisotopic (exact) mass is 264 g/mol. The number of carbonyl (C=O) groups excluding carboxylic acids is 1. The van der Waals surface area contributed by atoms with Gasteiger partial charge in [-0.15, -0.1) is 0 Å². The third kappa shape index (κ3) is 3.13. The van der Waals surface area contributed by atoms with E-state index in [1.165, 1.54) is 0 Å². The topological polar surface area (TPSA) is 64.7 Å². The van der Waals surface area contributed by atoms with Gasteiger partial charge in [-0.1, -0.05) is 36.8 Å². The normalized spacial score (nSPS) is 17.9. The maximum atomic E-state index is 12.3. The van der Waals surface area contributed by atoms with Gasteiger partial charge in [-0.05, 0) is 30.8 Å². The summed E-state index contributed by atoms with van der Waals surface area (Å²) < 4.78 is 0. The van der Waals surface area contributed by atoms with Gasteiger partial charge in [0.25, 0.3) is 0 Å². The molecule has 0 N–H and O–H groups in total. The molecule has 0 aromatic heterocycles. The van der Waals surface area contributed by atoms with E-state index in [9.17, 15) is 4.79 Å². The highest BCUT2D eigenvalue weighted by atomic mass is 16.1. The van der Waals surface area contributed by atoms with Gasteiger partial charge < -0.3 is 0 Å². The van der Waals surface area contributed by atoms with E-state index in [2.05, 4.69) is 0 Å². The Hall–Kier alpha value is -2.39. The first-order valence-electron chi connectivity index (χ1n) is 6.87. The lowest BCUT2D eigenvalue weighted by Crippen LogP contribution is -2.16. The Morgan fingerprint density at radius 3 is 2.50 bits per heavy atom. The number of nitrogens with zero attached hydrogens (tertiary/aromatic N) is 2. The summed E-state index contributed by atoms with van der Waals surface area (Å²) in [6.07, 6.45) is 4.11. The van der Waals surface area contributed by atoms with Crippen LogP contribution in [0.25, 0.3) is 0 Å². The number of nitriles is 2. The second-order valence-corrected chi connectivity index (χ2v) is 5.06. The number of hydrogen-bond donors (Lipinski definition) is 0. The second-order valence-electron chi connectivity index (χ2n) is 5.06. The average Bonchev–Trinajstić information content (AvgIpc) is 2.51. The summed E-state index contributed by atoms with van der Waals surface area (Å²) in [5.74, 6) is 0.135. The summed E-state index contributed by atoms with van der Waals surface area (Å²) in [6, 6.07) is 13.1. The molecule has 0 aliphatic heterocycles. The van der Waals surface area contributed by atoms with Crippen LogP contribution < -0.4 is 0 Å². The molecule has 1 fully saturated rings. The Labute approximate surface area is 119 Å². The van der Waals surface area contributed by atoms with Crippen molar-refractivity contribution < 1.29 is 4.79 Å². The fraction of sp³-hybridized carbons (Fsp3) is 0.353. The van der Waals surface area contributed by atoms with Crippen molar-refractivity contribution >= 4 is 5.78 Å². The fourth-order valence-corrected chi connectivity index (χ4v) is 2.77. The van der Waals surface area contributed by atoms with Crippen molar-refractivity contribution in [2.45, 2.75) is 32.1 Å². The predicted molar refractivity (Wildman–Crippen MR) is 75.6 cm³/mol. The summed E-state index contributed by atoms with van der Waals surface area (Å²) in [5.41, 5.74) is 1.79. The highest BCUT2D eigenvalue weighted by Gasteiger charge is 2.25. The molecule has 1 aromatic rings. The lowest BCUT2D eigenvalue weighted by Gasteiger charge is -2.24. The van der Waals surface area contributed by atoms with Gasteiger partial charge in [0.2, 0.25) is 0 Å².